The highest BCUT2D eigenvalue weighted by atomic mass is 28.4. The van der Waals surface area contributed by atoms with Crippen molar-refractivity contribution >= 4 is 14.3 Å². The van der Waals surface area contributed by atoms with Crippen molar-refractivity contribution in [2.75, 3.05) is 13.2 Å². The van der Waals surface area contributed by atoms with Crippen LogP contribution in [0.3, 0.4) is 0 Å². The minimum atomic E-state index is -1.50. The summed E-state index contributed by atoms with van der Waals surface area (Å²) in [6.07, 6.45) is -1.13. The van der Waals surface area contributed by atoms with E-state index in [1.54, 1.807) is 20.8 Å². The van der Waals surface area contributed by atoms with Gasteiger partial charge in [-0.3, -0.25) is 0 Å². The van der Waals surface area contributed by atoms with E-state index < -0.39 is 26.9 Å². The van der Waals surface area contributed by atoms with Crippen molar-refractivity contribution in [2.24, 2.45) is 0 Å². The molecule has 0 saturated carbocycles. The van der Waals surface area contributed by atoms with Gasteiger partial charge in [-0.15, -0.1) is 0 Å². The quantitative estimate of drug-likeness (QED) is 0.215. The van der Waals surface area contributed by atoms with E-state index in [2.05, 4.69) is 26.2 Å². The average molecular weight is 290 g/mol. The van der Waals surface area contributed by atoms with Gasteiger partial charge in [-0.25, -0.2) is 4.79 Å². The summed E-state index contributed by atoms with van der Waals surface area (Å²) in [6.45, 7) is 15.8. The van der Waals surface area contributed by atoms with Crippen LogP contribution in [0, 0.1) is 0 Å². The molecule has 0 fully saturated rings. The molecular weight excluding hydrogens is 264 g/mol. The Bertz CT molecular complexity index is 298. The summed E-state index contributed by atoms with van der Waals surface area (Å²) in [5.74, 6) is -0.471. The zero-order valence-electron chi connectivity index (χ0n) is 12.8. The van der Waals surface area contributed by atoms with Gasteiger partial charge in [0.1, 0.15) is 0 Å². The first kappa shape index (κ1) is 18.3. The Morgan fingerprint density at radius 3 is 2.21 bits per heavy atom. The number of carbonyl (C=O) groups excluding carboxylic acids is 1. The summed E-state index contributed by atoms with van der Waals surface area (Å²) in [4.78, 5) is 11.2. The van der Waals surface area contributed by atoms with Crippen LogP contribution in [0.15, 0.2) is 12.2 Å². The van der Waals surface area contributed by atoms with Crippen LogP contribution in [-0.4, -0.2) is 40.1 Å². The maximum atomic E-state index is 11.2. The van der Waals surface area contributed by atoms with Crippen LogP contribution in [0.5, 0.6) is 0 Å². The zero-order chi connectivity index (χ0) is 15.1. The molecule has 0 aromatic carbocycles. The van der Waals surface area contributed by atoms with Gasteiger partial charge >= 0.3 is 5.97 Å². The monoisotopic (exact) mass is 290 g/mol. The van der Waals surface area contributed by atoms with E-state index >= 15 is 0 Å². The first-order valence-corrected chi connectivity index (χ1v) is 9.80. The molecular formula is C13H26O5Si. The average Bonchev–Trinajstić information content (AvgIpc) is 2.22. The number of carbonyl (C=O) groups is 1. The molecule has 0 rings (SSSR count). The van der Waals surface area contributed by atoms with Crippen molar-refractivity contribution in [3.63, 3.8) is 0 Å². The molecule has 2 atom stereocenters. The van der Waals surface area contributed by atoms with Gasteiger partial charge < -0.3 is 18.6 Å². The number of ether oxygens (including phenoxy) is 3. The van der Waals surface area contributed by atoms with Gasteiger partial charge in [0.05, 0.1) is 13.2 Å². The molecule has 0 aromatic rings. The standard InChI is InChI=1S/C13H26O5Si/c1-10(2)13(14)18-12(4)17-11(3)15-8-9-16-19(5,6)7/h11-12H,1,8-9H2,2-7H3. The van der Waals surface area contributed by atoms with Crippen LogP contribution in [0.2, 0.25) is 19.6 Å². The van der Waals surface area contributed by atoms with Crippen LogP contribution < -0.4 is 0 Å². The van der Waals surface area contributed by atoms with E-state index in [1.165, 1.54) is 0 Å². The summed E-state index contributed by atoms with van der Waals surface area (Å²) in [7, 11) is -1.50. The number of rotatable bonds is 9. The predicted molar refractivity (Wildman–Crippen MR) is 76.2 cm³/mol. The lowest BCUT2D eigenvalue weighted by Gasteiger charge is -2.21. The van der Waals surface area contributed by atoms with Crippen molar-refractivity contribution in [3.05, 3.63) is 12.2 Å². The molecule has 0 amide bonds. The maximum absolute atomic E-state index is 11.2. The molecule has 0 saturated heterocycles. The lowest BCUT2D eigenvalue weighted by Crippen LogP contribution is -2.29. The van der Waals surface area contributed by atoms with Crippen LogP contribution in [0.1, 0.15) is 20.8 Å². The molecule has 6 heteroatoms. The Hall–Kier alpha value is -0.693. The summed E-state index contributed by atoms with van der Waals surface area (Å²) in [5, 5.41) is 0. The molecule has 2 unspecified atom stereocenters. The second-order valence-electron chi connectivity index (χ2n) is 5.29. The molecule has 0 aliphatic rings. The zero-order valence-corrected chi connectivity index (χ0v) is 13.8. The Morgan fingerprint density at radius 1 is 1.16 bits per heavy atom. The van der Waals surface area contributed by atoms with E-state index in [0.29, 0.717) is 18.8 Å². The largest absolute Gasteiger partial charge is 0.433 e. The van der Waals surface area contributed by atoms with Gasteiger partial charge in [-0.1, -0.05) is 6.58 Å². The van der Waals surface area contributed by atoms with Gasteiger partial charge in [0.15, 0.2) is 14.6 Å². The Kier molecular flexibility index (Phi) is 8.16. The van der Waals surface area contributed by atoms with Crippen molar-refractivity contribution in [1.29, 1.82) is 0 Å². The van der Waals surface area contributed by atoms with Crippen molar-refractivity contribution < 1.29 is 23.4 Å². The second-order valence-corrected chi connectivity index (χ2v) is 9.80. The van der Waals surface area contributed by atoms with E-state index in [4.69, 9.17) is 18.6 Å². The lowest BCUT2D eigenvalue weighted by molar-refractivity contribution is -0.228. The molecule has 0 aromatic heterocycles. The molecule has 0 radical (unpaired) electrons. The third kappa shape index (κ3) is 10.9. The summed E-state index contributed by atoms with van der Waals surface area (Å²) in [5.41, 5.74) is 0.340. The fourth-order valence-electron chi connectivity index (χ4n) is 1.15. The fourth-order valence-corrected chi connectivity index (χ4v) is 1.85. The van der Waals surface area contributed by atoms with E-state index in [0.717, 1.165) is 0 Å². The molecule has 0 bridgehead atoms. The van der Waals surface area contributed by atoms with Crippen LogP contribution >= 0.6 is 0 Å². The van der Waals surface area contributed by atoms with Crippen LogP contribution in [0.25, 0.3) is 0 Å². The predicted octanol–water partition coefficient (Wildman–Crippen LogP) is 2.68. The topological polar surface area (TPSA) is 54.0 Å². The Labute approximate surface area is 117 Å². The highest BCUT2D eigenvalue weighted by molar-refractivity contribution is 6.69. The van der Waals surface area contributed by atoms with E-state index in [9.17, 15) is 4.79 Å². The van der Waals surface area contributed by atoms with Gasteiger partial charge in [0.2, 0.25) is 6.29 Å². The minimum Gasteiger partial charge on any atom is -0.433 e. The smallest absolute Gasteiger partial charge is 0.335 e. The number of esters is 1. The SMILES string of the molecule is C=C(C)C(=O)OC(C)OC(C)OCCO[Si](C)(C)C. The fraction of sp³-hybridized carbons (Fsp3) is 0.769. The van der Waals surface area contributed by atoms with Crippen molar-refractivity contribution in [1.82, 2.24) is 0 Å². The Balaban J connectivity index is 3.76. The molecule has 0 aliphatic heterocycles. The summed E-state index contributed by atoms with van der Waals surface area (Å²) in [6, 6.07) is 0. The van der Waals surface area contributed by atoms with E-state index in [1.807, 2.05) is 0 Å². The molecule has 19 heavy (non-hydrogen) atoms. The second kappa shape index (κ2) is 8.47. The minimum absolute atomic E-state index is 0.340. The van der Waals surface area contributed by atoms with Crippen LogP contribution in [-0.2, 0) is 23.4 Å². The summed E-state index contributed by atoms with van der Waals surface area (Å²) >= 11 is 0. The number of hydrogen-bond acceptors (Lipinski definition) is 5. The van der Waals surface area contributed by atoms with Gasteiger partial charge in [0.25, 0.3) is 0 Å². The molecule has 112 valence electrons. The lowest BCUT2D eigenvalue weighted by atomic mass is 10.4. The van der Waals surface area contributed by atoms with Gasteiger partial charge in [-0.2, -0.15) is 0 Å². The first-order valence-electron chi connectivity index (χ1n) is 6.39. The van der Waals surface area contributed by atoms with Gasteiger partial charge in [-0.05, 0) is 40.4 Å². The third-order valence-electron chi connectivity index (χ3n) is 1.98. The molecule has 0 N–H and O–H groups in total. The molecule has 0 spiro atoms. The highest BCUT2D eigenvalue weighted by Gasteiger charge is 2.16. The molecule has 0 aliphatic carbocycles. The van der Waals surface area contributed by atoms with Crippen LogP contribution in [0.4, 0.5) is 0 Å². The van der Waals surface area contributed by atoms with Gasteiger partial charge in [0, 0.05) is 5.57 Å². The third-order valence-corrected chi connectivity index (χ3v) is 3.05. The Morgan fingerprint density at radius 2 is 1.74 bits per heavy atom. The van der Waals surface area contributed by atoms with Crippen molar-refractivity contribution in [3.8, 4) is 0 Å². The van der Waals surface area contributed by atoms with E-state index in [-0.39, 0.29) is 0 Å². The molecule has 0 heterocycles. The number of hydrogen-bond donors (Lipinski definition) is 0. The summed E-state index contributed by atoms with van der Waals surface area (Å²) < 4.78 is 21.4. The molecule has 5 nitrogen and oxygen atoms in total. The first-order chi connectivity index (χ1) is 8.61. The maximum Gasteiger partial charge on any atom is 0.335 e. The highest BCUT2D eigenvalue weighted by Crippen LogP contribution is 2.06. The van der Waals surface area contributed by atoms with Crippen molar-refractivity contribution in [2.45, 2.75) is 53.0 Å². The normalized spacial score (nSPS) is 14.8.